The van der Waals surface area contributed by atoms with Crippen molar-refractivity contribution in [3.8, 4) is 0 Å². The second-order valence-corrected chi connectivity index (χ2v) is 5.62. The lowest BCUT2D eigenvalue weighted by atomic mass is 10.3. The van der Waals surface area contributed by atoms with Crippen molar-refractivity contribution in [2.75, 3.05) is 5.32 Å². The van der Waals surface area contributed by atoms with Crippen LogP contribution < -0.4 is 5.32 Å². The molecule has 0 fully saturated rings. The molecule has 0 amide bonds. The second-order valence-electron chi connectivity index (χ2n) is 3.33. The third-order valence-electron chi connectivity index (χ3n) is 2.08. The molecule has 2 rings (SSSR count). The summed E-state index contributed by atoms with van der Waals surface area (Å²) in [6, 6.07) is 4.00. The zero-order valence-corrected chi connectivity index (χ0v) is 11.6. The predicted molar refractivity (Wildman–Crippen MR) is 70.7 cm³/mol. The van der Waals surface area contributed by atoms with Crippen LogP contribution in [-0.4, -0.2) is 0 Å². The smallest absolute Gasteiger partial charge is 0.147 e. The van der Waals surface area contributed by atoms with Crippen molar-refractivity contribution in [1.82, 2.24) is 0 Å². The highest BCUT2D eigenvalue weighted by Crippen LogP contribution is 2.25. The second kappa shape index (κ2) is 5.33. The summed E-state index contributed by atoms with van der Waals surface area (Å²) in [6.07, 6.45) is 0. The van der Waals surface area contributed by atoms with E-state index in [9.17, 15) is 8.78 Å². The Labute approximate surface area is 115 Å². The van der Waals surface area contributed by atoms with Gasteiger partial charge in [-0.3, -0.25) is 0 Å². The molecule has 0 spiro atoms. The standard InChI is InChI=1S/C11H7BrClF2NS/c12-8-2-10(15)11(3-9(8)14)16-4-7-1-6(13)5-17-7/h1-3,5,16H,4H2. The first-order valence-electron chi connectivity index (χ1n) is 4.67. The van der Waals surface area contributed by atoms with Gasteiger partial charge in [0.25, 0.3) is 0 Å². The average molecular weight is 339 g/mol. The summed E-state index contributed by atoms with van der Waals surface area (Å²) < 4.78 is 26.8. The summed E-state index contributed by atoms with van der Waals surface area (Å²) in [4.78, 5) is 0.956. The monoisotopic (exact) mass is 337 g/mol. The fourth-order valence-corrected chi connectivity index (χ4v) is 2.61. The maximum absolute atomic E-state index is 13.5. The lowest BCUT2D eigenvalue weighted by Gasteiger charge is -2.07. The number of rotatable bonds is 3. The van der Waals surface area contributed by atoms with Crippen LogP contribution in [0.3, 0.4) is 0 Å². The Hall–Kier alpha value is -0.650. The molecule has 6 heteroatoms. The van der Waals surface area contributed by atoms with Gasteiger partial charge in [0, 0.05) is 22.9 Å². The van der Waals surface area contributed by atoms with E-state index in [1.807, 2.05) is 0 Å². The van der Waals surface area contributed by atoms with Crippen molar-refractivity contribution in [2.45, 2.75) is 6.54 Å². The topological polar surface area (TPSA) is 12.0 Å². The SMILES string of the molecule is Fc1cc(NCc2cc(Cl)cs2)c(F)cc1Br. The first-order valence-corrected chi connectivity index (χ1v) is 6.72. The summed E-state index contributed by atoms with van der Waals surface area (Å²) in [5.41, 5.74) is 0.134. The highest BCUT2D eigenvalue weighted by molar-refractivity contribution is 9.10. The molecule has 0 aliphatic rings. The summed E-state index contributed by atoms with van der Waals surface area (Å²) in [5, 5.41) is 5.26. The van der Waals surface area contributed by atoms with E-state index in [1.54, 1.807) is 11.4 Å². The van der Waals surface area contributed by atoms with Crippen LogP contribution >= 0.6 is 38.9 Å². The van der Waals surface area contributed by atoms with Gasteiger partial charge in [-0.15, -0.1) is 11.3 Å². The van der Waals surface area contributed by atoms with Crippen LogP contribution in [0.2, 0.25) is 5.02 Å². The molecule has 17 heavy (non-hydrogen) atoms. The average Bonchev–Trinajstić information content (AvgIpc) is 2.68. The Morgan fingerprint density at radius 2 is 2.00 bits per heavy atom. The molecule has 1 heterocycles. The number of hydrogen-bond donors (Lipinski definition) is 1. The quantitative estimate of drug-likeness (QED) is 0.772. The van der Waals surface area contributed by atoms with Gasteiger partial charge in [-0.05, 0) is 28.1 Å². The van der Waals surface area contributed by atoms with E-state index in [0.29, 0.717) is 11.6 Å². The number of halogens is 4. The molecule has 0 bridgehead atoms. The highest BCUT2D eigenvalue weighted by atomic mass is 79.9. The van der Waals surface area contributed by atoms with Crippen LogP contribution in [0.15, 0.2) is 28.1 Å². The Balaban J connectivity index is 2.11. The third-order valence-corrected chi connectivity index (χ3v) is 3.98. The summed E-state index contributed by atoms with van der Waals surface area (Å²) >= 11 is 10.1. The number of hydrogen-bond acceptors (Lipinski definition) is 2. The van der Waals surface area contributed by atoms with Gasteiger partial charge in [0.15, 0.2) is 0 Å². The summed E-state index contributed by atoms with van der Waals surface area (Å²) in [6.45, 7) is 0.412. The molecule has 0 aliphatic heterocycles. The minimum atomic E-state index is -0.502. The molecule has 90 valence electrons. The van der Waals surface area contributed by atoms with Crippen LogP contribution in [0, 0.1) is 11.6 Å². The highest BCUT2D eigenvalue weighted by Gasteiger charge is 2.08. The third kappa shape index (κ3) is 3.18. The fraction of sp³-hybridized carbons (Fsp3) is 0.0909. The van der Waals surface area contributed by atoms with Crippen LogP contribution in [0.1, 0.15) is 4.88 Å². The van der Waals surface area contributed by atoms with Crippen molar-refractivity contribution in [1.29, 1.82) is 0 Å². The molecule has 1 aromatic carbocycles. The van der Waals surface area contributed by atoms with Gasteiger partial charge in [-0.1, -0.05) is 11.6 Å². The predicted octanol–water partition coefficient (Wildman–Crippen LogP) is 5.05. The molecule has 0 radical (unpaired) electrons. The van der Waals surface area contributed by atoms with Gasteiger partial charge in [0.1, 0.15) is 11.6 Å². The molecular formula is C11H7BrClF2NS. The summed E-state index contributed by atoms with van der Waals surface area (Å²) in [7, 11) is 0. The minimum Gasteiger partial charge on any atom is -0.378 e. The maximum atomic E-state index is 13.5. The van der Waals surface area contributed by atoms with E-state index in [-0.39, 0.29) is 10.2 Å². The van der Waals surface area contributed by atoms with Crippen molar-refractivity contribution in [3.05, 3.63) is 49.6 Å². The van der Waals surface area contributed by atoms with E-state index >= 15 is 0 Å². The van der Waals surface area contributed by atoms with Crippen molar-refractivity contribution in [3.63, 3.8) is 0 Å². The van der Waals surface area contributed by atoms with Gasteiger partial charge >= 0.3 is 0 Å². The molecule has 1 nitrogen and oxygen atoms in total. The number of thiophene rings is 1. The minimum absolute atomic E-state index is 0.111. The molecule has 0 aliphatic carbocycles. The molecule has 0 atom stereocenters. The number of benzene rings is 1. The lowest BCUT2D eigenvalue weighted by Crippen LogP contribution is -2.00. The molecule has 1 N–H and O–H groups in total. The number of nitrogens with one attached hydrogen (secondary N) is 1. The van der Waals surface area contributed by atoms with Crippen LogP contribution in [-0.2, 0) is 6.54 Å². The largest absolute Gasteiger partial charge is 0.378 e. The lowest BCUT2D eigenvalue weighted by molar-refractivity contribution is 0.596. The zero-order chi connectivity index (χ0) is 12.4. The Bertz CT molecular complexity index is 544. The van der Waals surface area contributed by atoms with Crippen molar-refractivity contribution < 1.29 is 8.78 Å². The maximum Gasteiger partial charge on any atom is 0.147 e. The van der Waals surface area contributed by atoms with Crippen LogP contribution in [0.5, 0.6) is 0 Å². The van der Waals surface area contributed by atoms with Crippen LogP contribution in [0.25, 0.3) is 0 Å². The number of anilines is 1. The van der Waals surface area contributed by atoms with Gasteiger partial charge in [0.05, 0.1) is 15.2 Å². The van der Waals surface area contributed by atoms with Gasteiger partial charge in [-0.2, -0.15) is 0 Å². The normalized spacial score (nSPS) is 10.6. The molecule has 0 saturated heterocycles. The first kappa shape index (κ1) is 12.8. The van der Waals surface area contributed by atoms with Crippen LogP contribution in [0.4, 0.5) is 14.5 Å². The Kier molecular flexibility index (Phi) is 4.01. The van der Waals surface area contributed by atoms with Crippen molar-refractivity contribution in [2.24, 2.45) is 0 Å². The van der Waals surface area contributed by atoms with Gasteiger partial charge < -0.3 is 5.32 Å². The van der Waals surface area contributed by atoms with E-state index in [2.05, 4.69) is 21.2 Å². The zero-order valence-electron chi connectivity index (χ0n) is 8.44. The van der Waals surface area contributed by atoms with Crippen molar-refractivity contribution >= 4 is 44.6 Å². The molecule has 0 saturated carbocycles. The molecule has 2 aromatic rings. The van der Waals surface area contributed by atoms with Gasteiger partial charge in [0.2, 0.25) is 0 Å². The molecule has 1 aromatic heterocycles. The Morgan fingerprint density at radius 1 is 1.24 bits per heavy atom. The molecular weight excluding hydrogens is 332 g/mol. The Morgan fingerprint density at radius 3 is 2.65 bits per heavy atom. The van der Waals surface area contributed by atoms with E-state index in [4.69, 9.17) is 11.6 Å². The fourth-order valence-electron chi connectivity index (χ4n) is 1.29. The van der Waals surface area contributed by atoms with Gasteiger partial charge in [-0.25, -0.2) is 8.78 Å². The first-order chi connectivity index (χ1) is 8.06. The molecule has 0 unspecified atom stereocenters. The van der Waals surface area contributed by atoms with E-state index < -0.39 is 11.6 Å². The van der Waals surface area contributed by atoms with E-state index in [0.717, 1.165) is 17.0 Å². The summed E-state index contributed by atoms with van der Waals surface area (Å²) in [5.74, 6) is -1.00. The van der Waals surface area contributed by atoms with E-state index in [1.165, 1.54) is 11.3 Å².